The van der Waals surface area contributed by atoms with Crippen LogP contribution in [0.3, 0.4) is 0 Å². The van der Waals surface area contributed by atoms with Crippen molar-refractivity contribution in [2.24, 2.45) is 0 Å². The Labute approximate surface area is 149 Å². The van der Waals surface area contributed by atoms with Crippen LogP contribution < -0.4 is 10.2 Å². The van der Waals surface area contributed by atoms with Crippen LogP contribution in [0.15, 0.2) is 4.79 Å². The molecule has 1 N–H and O–H groups in total. The predicted molar refractivity (Wildman–Crippen MR) is 96.4 cm³/mol. The summed E-state index contributed by atoms with van der Waals surface area (Å²) in [6.07, 6.45) is 1.71. The SMILES string of the molecule is CCCC(=O)c1c(OC)c(=O)c(I)c2n1[C@H](CO)C[C@H]2N(C)C. The first-order valence-electron chi connectivity index (χ1n) is 7.71. The second-order valence-corrected chi connectivity index (χ2v) is 7.08. The zero-order chi connectivity index (χ0) is 17.3. The van der Waals surface area contributed by atoms with Crippen LogP contribution >= 0.6 is 22.6 Å². The minimum Gasteiger partial charge on any atom is -0.491 e. The van der Waals surface area contributed by atoms with E-state index in [-0.39, 0.29) is 35.7 Å². The molecule has 0 aliphatic carbocycles. The molecule has 1 aromatic rings. The summed E-state index contributed by atoms with van der Waals surface area (Å²) in [7, 11) is 5.29. The largest absolute Gasteiger partial charge is 0.491 e. The highest BCUT2D eigenvalue weighted by molar-refractivity contribution is 14.1. The average Bonchev–Trinajstić information content (AvgIpc) is 2.90. The Morgan fingerprint density at radius 2 is 2.13 bits per heavy atom. The van der Waals surface area contributed by atoms with Crippen LogP contribution in [0.4, 0.5) is 0 Å². The molecule has 2 atom stereocenters. The molecule has 0 aromatic carbocycles. The zero-order valence-corrected chi connectivity index (χ0v) is 16.1. The molecule has 2 rings (SSSR count). The first-order chi connectivity index (χ1) is 10.9. The summed E-state index contributed by atoms with van der Waals surface area (Å²) in [5.74, 6) is -0.0218. The Morgan fingerprint density at radius 1 is 1.48 bits per heavy atom. The van der Waals surface area contributed by atoms with Gasteiger partial charge in [0.2, 0.25) is 5.43 Å². The van der Waals surface area contributed by atoms with E-state index in [1.54, 1.807) is 0 Å². The number of aliphatic hydroxyl groups is 1. The standard InChI is InChI=1S/C16H23IN2O4/c1-5-6-11(21)14-16(23-4)15(22)12(17)13-10(18(2)3)7-9(8-20)19(13)14/h9-10,20H,5-8H2,1-4H3/t9-,10+/m0/s1. The van der Waals surface area contributed by atoms with E-state index in [4.69, 9.17) is 4.74 Å². The Kier molecular flexibility index (Phi) is 5.85. The van der Waals surface area contributed by atoms with Crippen LogP contribution in [0, 0.1) is 3.57 Å². The van der Waals surface area contributed by atoms with Gasteiger partial charge in [0, 0.05) is 6.42 Å². The van der Waals surface area contributed by atoms with Gasteiger partial charge in [-0.3, -0.25) is 9.59 Å². The molecule has 2 heterocycles. The summed E-state index contributed by atoms with van der Waals surface area (Å²) in [6, 6.07) is -0.234. The van der Waals surface area contributed by atoms with Crippen molar-refractivity contribution >= 4 is 28.4 Å². The van der Waals surface area contributed by atoms with E-state index in [0.717, 1.165) is 5.69 Å². The number of carbonyl (C=O) groups excluding carboxylic acids is 1. The molecule has 0 saturated carbocycles. The van der Waals surface area contributed by atoms with Gasteiger partial charge in [-0.1, -0.05) is 6.92 Å². The minimum absolute atomic E-state index is 0.00849. The fourth-order valence-electron chi connectivity index (χ4n) is 3.23. The van der Waals surface area contributed by atoms with Gasteiger partial charge >= 0.3 is 0 Å². The summed E-state index contributed by atoms with van der Waals surface area (Å²) in [4.78, 5) is 27.3. The number of ether oxygens (including phenoxy) is 1. The van der Waals surface area contributed by atoms with Crippen LogP contribution in [0.25, 0.3) is 0 Å². The third kappa shape index (κ3) is 3.06. The van der Waals surface area contributed by atoms with Crippen molar-refractivity contribution in [1.82, 2.24) is 9.47 Å². The van der Waals surface area contributed by atoms with E-state index in [9.17, 15) is 14.7 Å². The molecule has 0 spiro atoms. The van der Waals surface area contributed by atoms with Crippen molar-refractivity contribution in [3.63, 3.8) is 0 Å². The molecule has 128 valence electrons. The highest BCUT2D eigenvalue weighted by Gasteiger charge is 2.39. The maximum Gasteiger partial charge on any atom is 0.237 e. The maximum atomic E-state index is 12.7. The summed E-state index contributed by atoms with van der Waals surface area (Å²) >= 11 is 2.02. The van der Waals surface area contributed by atoms with Crippen molar-refractivity contribution < 1.29 is 14.6 Å². The normalized spacial score (nSPS) is 20.0. The molecule has 0 radical (unpaired) electrons. The lowest BCUT2D eigenvalue weighted by molar-refractivity contribution is 0.0963. The molecule has 1 aliphatic heterocycles. The summed E-state index contributed by atoms with van der Waals surface area (Å²) in [5, 5.41) is 9.80. The fourth-order valence-corrected chi connectivity index (χ4v) is 4.09. The Morgan fingerprint density at radius 3 is 2.61 bits per heavy atom. The Balaban J connectivity index is 2.83. The third-order valence-corrected chi connectivity index (χ3v) is 5.34. The molecule has 0 bridgehead atoms. The average molecular weight is 434 g/mol. The summed E-state index contributed by atoms with van der Waals surface area (Å²) < 4.78 is 7.68. The van der Waals surface area contributed by atoms with E-state index in [1.165, 1.54) is 7.11 Å². The van der Waals surface area contributed by atoms with E-state index in [0.29, 0.717) is 28.5 Å². The number of aromatic nitrogens is 1. The number of hydrogen-bond donors (Lipinski definition) is 1. The molecule has 7 heteroatoms. The quantitative estimate of drug-likeness (QED) is 0.548. The Hall–Kier alpha value is -0.930. The first kappa shape index (κ1) is 18.4. The second kappa shape index (κ2) is 7.31. The third-order valence-electron chi connectivity index (χ3n) is 4.30. The summed E-state index contributed by atoms with van der Waals surface area (Å²) in [5.41, 5.74) is 0.863. The molecule has 0 amide bonds. The molecule has 1 aromatic heterocycles. The van der Waals surface area contributed by atoms with Gasteiger partial charge in [-0.05, 0) is 49.5 Å². The number of hydrogen-bond acceptors (Lipinski definition) is 5. The first-order valence-corrected chi connectivity index (χ1v) is 8.79. The molecule has 1 aliphatic rings. The smallest absolute Gasteiger partial charge is 0.237 e. The number of halogens is 1. The number of ketones is 1. The molecule has 0 saturated heterocycles. The minimum atomic E-state index is -0.246. The van der Waals surface area contributed by atoms with E-state index >= 15 is 0 Å². The second-order valence-electron chi connectivity index (χ2n) is 6.00. The lowest BCUT2D eigenvalue weighted by Crippen LogP contribution is -2.28. The molecule has 0 fully saturated rings. The lowest BCUT2D eigenvalue weighted by Gasteiger charge is -2.23. The van der Waals surface area contributed by atoms with Crippen LogP contribution in [0.2, 0.25) is 0 Å². The molecular formula is C16H23IN2O4. The number of pyridine rings is 1. The van der Waals surface area contributed by atoms with E-state index < -0.39 is 0 Å². The fraction of sp³-hybridized carbons (Fsp3) is 0.625. The van der Waals surface area contributed by atoms with Gasteiger partial charge in [-0.25, -0.2) is 0 Å². The van der Waals surface area contributed by atoms with Gasteiger partial charge in [0.25, 0.3) is 0 Å². The van der Waals surface area contributed by atoms with Gasteiger partial charge in [0.05, 0.1) is 35.1 Å². The molecule has 0 unspecified atom stereocenters. The molecular weight excluding hydrogens is 411 g/mol. The lowest BCUT2D eigenvalue weighted by atomic mass is 10.1. The monoisotopic (exact) mass is 434 g/mol. The highest BCUT2D eigenvalue weighted by Crippen LogP contribution is 2.41. The molecule has 23 heavy (non-hydrogen) atoms. The van der Waals surface area contributed by atoms with Crippen LogP contribution in [-0.4, -0.2) is 48.2 Å². The predicted octanol–water partition coefficient (Wildman–Crippen LogP) is 1.98. The zero-order valence-electron chi connectivity index (χ0n) is 13.9. The van der Waals surface area contributed by atoms with Gasteiger partial charge in [0.15, 0.2) is 11.5 Å². The Bertz CT molecular complexity index is 669. The van der Waals surface area contributed by atoms with Crippen LogP contribution in [0.1, 0.15) is 54.5 Å². The number of rotatable bonds is 6. The van der Waals surface area contributed by atoms with Gasteiger partial charge in [-0.2, -0.15) is 0 Å². The number of Topliss-reactive ketones (excluding diaryl/α,β-unsaturated/α-hetero) is 1. The number of fused-ring (bicyclic) bond motifs is 1. The number of methoxy groups -OCH3 is 1. The van der Waals surface area contributed by atoms with Crippen molar-refractivity contribution in [1.29, 1.82) is 0 Å². The molecule has 6 nitrogen and oxygen atoms in total. The van der Waals surface area contributed by atoms with Crippen LogP contribution in [-0.2, 0) is 0 Å². The number of nitrogens with zero attached hydrogens (tertiary/aromatic N) is 2. The number of carbonyl (C=O) groups is 1. The van der Waals surface area contributed by atoms with Gasteiger partial charge < -0.3 is 19.3 Å². The maximum absolute atomic E-state index is 12.7. The topological polar surface area (TPSA) is 71.8 Å². The number of aliphatic hydroxyl groups excluding tert-OH is 1. The van der Waals surface area contributed by atoms with E-state index in [1.807, 2.05) is 53.1 Å². The van der Waals surface area contributed by atoms with Crippen molar-refractivity contribution in [2.45, 2.75) is 38.3 Å². The van der Waals surface area contributed by atoms with Gasteiger partial charge in [0.1, 0.15) is 5.69 Å². The summed E-state index contributed by atoms with van der Waals surface area (Å²) in [6.45, 7) is 1.85. The van der Waals surface area contributed by atoms with Crippen LogP contribution in [0.5, 0.6) is 5.75 Å². The van der Waals surface area contributed by atoms with Crippen molar-refractivity contribution in [3.8, 4) is 5.75 Å². The highest BCUT2D eigenvalue weighted by atomic mass is 127. The van der Waals surface area contributed by atoms with Crippen molar-refractivity contribution in [2.75, 3.05) is 27.8 Å². The van der Waals surface area contributed by atoms with E-state index in [2.05, 4.69) is 0 Å². The van der Waals surface area contributed by atoms with Gasteiger partial charge in [-0.15, -0.1) is 0 Å². The van der Waals surface area contributed by atoms with Crippen molar-refractivity contribution in [3.05, 3.63) is 25.2 Å².